The molecule has 0 spiro atoms. The maximum atomic E-state index is 8.62. The molecule has 0 atom stereocenters. The molecule has 0 saturated carbocycles. The Morgan fingerprint density at radius 3 is 0.878 bits per heavy atom. The molecule has 1 aliphatic rings. The molecule has 0 unspecified atom stereocenters. The first-order chi connectivity index (χ1) is 44.2. The quantitative estimate of drug-likeness (QED) is 0.0332. The Balaban J connectivity index is -0.000000518. The Morgan fingerprint density at radius 2 is 0.567 bits per heavy atom. The Labute approximate surface area is 544 Å². The topological polar surface area (TPSA) is 307 Å². The normalized spacial score (nSPS) is 13.9. The predicted molar refractivity (Wildman–Crippen MR) is 347 cm³/mol. The number of aliphatic hydroxyl groups is 6. The van der Waals surface area contributed by atoms with E-state index in [1.54, 1.807) is 28.4 Å². The van der Waals surface area contributed by atoms with Crippen molar-refractivity contribution in [3.05, 3.63) is 0 Å². The molecule has 0 amide bonds. The lowest BCUT2D eigenvalue weighted by Gasteiger charge is -2.22. The number of rotatable bonds is 55. The van der Waals surface area contributed by atoms with Gasteiger partial charge in [-0.15, -0.1) is 0 Å². The Bertz CT molecular complexity index is 1070. The number of hydrogen-bond donors (Lipinski definition) is 7. The zero-order valence-corrected chi connectivity index (χ0v) is 57.5. The van der Waals surface area contributed by atoms with Crippen LogP contribution in [0.3, 0.4) is 0 Å². The molecule has 548 valence electrons. The summed E-state index contributed by atoms with van der Waals surface area (Å²) >= 11 is 0. The van der Waals surface area contributed by atoms with Crippen LogP contribution < -0.4 is 5.32 Å². The second kappa shape index (κ2) is 89.9. The fourth-order valence-electron chi connectivity index (χ4n) is 7.05. The van der Waals surface area contributed by atoms with Gasteiger partial charge in [0.1, 0.15) is 0 Å². The zero-order valence-electron chi connectivity index (χ0n) is 57.5. The van der Waals surface area contributed by atoms with Crippen LogP contribution in [0.4, 0.5) is 0 Å². The molecule has 1 aliphatic heterocycles. The summed E-state index contributed by atoms with van der Waals surface area (Å²) < 4.78 is 89.7. The molecular weight excluding hydrogens is 1180 g/mol. The van der Waals surface area contributed by atoms with E-state index < -0.39 is 0 Å². The van der Waals surface area contributed by atoms with Crippen LogP contribution in [0.15, 0.2) is 0 Å². The van der Waals surface area contributed by atoms with E-state index in [9.17, 15) is 0 Å². The number of likely N-dealkylation sites (N-methyl/N-ethyl adjacent to an activating group) is 2. The predicted octanol–water partition coefficient (Wildman–Crippen LogP) is -1.75. The van der Waals surface area contributed by atoms with E-state index in [0.29, 0.717) is 152 Å². The first-order valence-electron chi connectivity index (χ1n) is 32.5. The fraction of sp³-hybridized carbons (Fsp3) is 1.00. The average molecular weight is 1320 g/mol. The van der Waals surface area contributed by atoms with Gasteiger partial charge in [0.25, 0.3) is 0 Å². The standard InChI is InChI=1S/C15H33NO6.C13H27NO4.C12H27NO6.C12H27NO5.C9H22N2O2/c1-17-10-13-20-7-4-16(5-8-21-14-11-18-2)6-9-22-15-12-19-3;1-2-6-15-10-12-17-8-4-14-5-9-18-13-11-16-7-3-1;14-4-10-17-7-1-13(2-8-18-11-5-15)3-9-19-12-6-16;1-16-8-2-3-13(4-9-17-11-6-14)5-10-18-12-7-15;1-10(2)5-8-13-9-6-11(3)4-7-12/h4-15H2,1-3H3;14H,1-13H2;14-16H,1-12H2;14-15H,2-12H2,1H3;12H,4-9H2,1-3H3. The monoisotopic (exact) mass is 1320 g/mol. The van der Waals surface area contributed by atoms with Crippen molar-refractivity contribution in [2.45, 2.75) is 25.7 Å². The van der Waals surface area contributed by atoms with Crippen molar-refractivity contribution < 1.29 is 111 Å². The lowest BCUT2D eigenvalue weighted by Crippen LogP contribution is -2.34. The number of methoxy groups -OCH3 is 4. The van der Waals surface area contributed by atoms with E-state index in [1.165, 1.54) is 0 Å². The summed E-state index contributed by atoms with van der Waals surface area (Å²) in [6.45, 7) is 30.5. The first-order valence-corrected chi connectivity index (χ1v) is 32.5. The van der Waals surface area contributed by atoms with Crippen LogP contribution in [0.5, 0.6) is 0 Å². The van der Waals surface area contributed by atoms with Gasteiger partial charge in [-0.1, -0.05) is 0 Å². The van der Waals surface area contributed by atoms with Crippen molar-refractivity contribution in [1.82, 2.24) is 29.8 Å². The van der Waals surface area contributed by atoms with Gasteiger partial charge in [0, 0.05) is 140 Å². The second-order valence-corrected chi connectivity index (χ2v) is 20.1. The third-order valence-electron chi connectivity index (χ3n) is 12.2. The number of ether oxygens (including phenoxy) is 17. The van der Waals surface area contributed by atoms with Gasteiger partial charge in [0.05, 0.1) is 218 Å². The molecule has 0 aromatic carbocycles. The highest BCUT2D eigenvalue weighted by atomic mass is 16.5. The van der Waals surface area contributed by atoms with Crippen molar-refractivity contribution in [3.8, 4) is 0 Å². The molecule has 1 saturated heterocycles. The van der Waals surface area contributed by atoms with Crippen LogP contribution in [0.1, 0.15) is 25.7 Å². The van der Waals surface area contributed by atoms with Gasteiger partial charge in [-0.2, -0.15) is 0 Å². The highest BCUT2D eigenvalue weighted by Crippen LogP contribution is 1.99. The maximum absolute atomic E-state index is 8.62. The highest BCUT2D eigenvalue weighted by molar-refractivity contribution is 4.60. The van der Waals surface area contributed by atoms with Gasteiger partial charge in [0.15, 0.2) is 0 Å². The van der Waals surface area contributed by atoms with Gasteiger partial charge in [-0.05, 0) is 46.8 Å². The molecular formula is C61H136N6O23. The minimum atomic E-state index is 0.0270. The van der Waals surface area contributed by atoms with E-state index >= 15 is 0 Å². The third-order valence-corrected chi connectivity index (χ3v) is 12.2. The van der Waals surface area contributed by atoms with Gasteiger partial charge in [-0.3, -0.25) is 14.7 Å². The van der Waals surface area contributed by atoms with Crippen molar-refractivity contribution in [1.29, 1.82) is 0 Å². The van der Waals surface area contributed by atoms with Crippen molar-refractivity contribution >= 4 is 0 Å². The molecule has 0 bridgehead atoms. The second-order valence-electron chi connectivity index (χ2n) is 20.1. The lowest BCUT2D eigenvalue weighted by atomic mass is 10.2. The summed E-state index contributed by atoms with van der Waals surface area (Å²) in [6.07, 6.45) is 4.32. The Hall–Kier alpha value is -1.16. The Kier molecular flexibility index (Phi) is 95.1. The number of hydrogen-bond acceptors (Lipinski definition) is 29. The molecule has 0 aliphatic carbocycles. The van der Waals surface area contributed by atoms with Crippen LogP contribution in [0.2, 0.25) is 0 Å². The minimum absolute atomic E-state index is 0.0270. The van der Waals surface area contributed by atoms with E-state index in [4.69, 9.17) is 111 Å². The molecule has 29 nitrogen and oxygen atoms in total. The fourth-order valence-corrected chi connectivity index (χ4v) is 7.05. The maximum Gasteiger partial charge on any atom is 0.0701 e. The van der Waals surface area contributed by atoms with Crippen molar-refractivity contribution in [2.24, 2.45) is 0 Å². The number of nitrogens with zero attached hydrogens (tertiary/aromatic N) is 5. The van der Waals surface area contributed by atoms with Gasteiger partial charge in [0.2, 0.25) is 0 Å². The lowest BCUT2D eigenvalue weighted by molar-refractivity contribution is 0.0223. The van der Waals surface area contributed by atoms with Crippen LogP contribution in [-0.4, -0.2) is 434 Å². The van der Waals surface area contributed by atoms with Crippen LogP contribution in [0, 0.1) is 0 Å². The van der Waals surface area contributed by atoms with Crippen LogP contribution in [0.25, 0.3) is 0 Å². The molecule has 1 heterocycles. The van der Waals surface area contributed by atoms with Gasteiger partial charge >= 0.3 is 0 Å². The highest BCUT2D eigenvalue weighted by Gasteiger charge is 2.08. The van der Waals surface area contributed by atoms with Crippen molar-refractivity contribution in [3.63, 3.8) is 0 Å². The SMILES string of the molecule is C1CCOCCOCCNCCOCCOCC1.CN(C)CCOCCN(C)CCO.COCCCN(CCOCCO)CCOCCO.COCCOCCN(CCOCCOC)CCOCCOC.OCCOCCN(CCOCCO)CCOCCO. The molecule has 1 fully saturated rings. The third kappa shape index (κ3) is 91.0. The molecule has 1 rings (SSSR count). The molecule has 0 radical (unpaired) electrons. The molecule has 0 aromatic rings. The molecule has 7 N–H and O–H groups in total. The van der Waals surface area contributed by atoms with Gasteiger partial charge < -0.3 is 126 Å². The summed E-state index contributed by atoms with van der Waals surface area (Å²) in [6, 6.07) is 0. The van der Waals surface area contributed by atoms with Crippen LogP contribution in [-0.2, 0) is 80.5 Å². The van der Waals surface area contributed by atoms with Crippen LogP contribution >= 0.6 is 0 Å². The van der Waals surface area contributed by atoms with Crippen molar-refractivity contribution in [2.75, 3.05) is 379 Å². The van der Waals surface area contributed by atoms with E-state index in [2.05, 4.69) is 29.8 Å². The molecule has 90 heavy (non-hydrogen) atoms. The average Bonchev–Trinajstić information content (AvgIpc) is 3.57. The van der Waals surface area contributed by atoms with Gasteiger partial charge in [-0.25, -0.2) is 0 Å². The minimum Gasteiger partial charge on any atom is -0.395 e. The first kappa shape index (κ1) is 95.2. The van der Waals surface area contributed by atoms with E-state index in [0.717, 1.165) is 164 Å². The molecule has 29 heteroatoms. The summed E-state index contributed by atoms with van der Waals surface area (Å²) in [5, 5.41) is 54.9. The number of aliphatic hydroxyl groups excluding tert-OH is 6. The Morgan fingerprint density at radius 1 is 0.278 bits per heavy atom. The van der Waals surface area contributed by atoms with E-state index in [-0.39, 0.29) is 39.6 Å². The largest absolute Gasteiger partial charge is 0.395 e. The zero-order chi connectivity index (χ0) is 66.8. The number of nitrogens with one attached hydrogen (secondary N) is 1. The summed E-state index contributed by atoms with van der Waals surface area (Å²) in [5.41, 5.74) is 0. The summed E-state index contributed by atoms with van der Waals surface area (Å²) in [4.78, 5) is 10.8. The smallest absolute Gasteiger partial charge is 0.0701 e. The molecule has 0 aromatic heterocycles. The summed E-state index contributed by atoms with van der Waals surface area (Å²) in [7, 11) is 12.7. The van der Waals surface area contributed by atoms with E-state index in [1.807, 2.05) is 21.1 Å². The summed E-state index contributed by atoms with van der Waals surface area (Å²) in [5.74, 6) is 0.